The van der Waals surface area contributed by atoms with Crippen LogP contribution in [0.15, 0.2) is 30.3 Å². The molecule has 0 amide bonds. The van der Waals surface area contributed by atoms with E-state index in [2.05, 4.69) is 43.2 Å². The third kappa shape index (κ3) is 4.19. The van der Waals surface area contributed by atoms with E-state index in [1.54, 1.807) is 19.1 Å². The van der Waals surface area contributed by atoms with E-state index < -0.39 is 12.0 Å². The summed E-state index contributed by atoms with van der Waals surface area (Å²) in [7, 11) is 0. The molecule has 1 aromatic heterocycles. The third-order valence-corrected chi connectivity index (χ3v) is 3.41. The van der Waals surface area contributed by atoms with Crippen molar-refractivity contribution < 1.29 is 13.2 Å². The standard InChI is InChI=1S/C13H12F3IN4/c1-2-18-10-7-11(21-12(20-10)13(14,15)16)19-9-6-4-3-5-8(9)17/h3-7H,2H2,1H3,(H2,18,19,20,21). The Bertz CT molecular complexity index is 631. The molecule has 0 unspecified atom stereocenters. The lowest BCUT2D eigenvalue weighted by Gasteiger charge is -2.13. The Morgan fingerprint density at radius 3 is 2.43 bits per heavy atom. The van der Waals surface area contributed by atoms with Gasteiger partial charge in [0.05, 0.1) is 5.69 Å². The van der Waals surface area contributed by atoms with Crippen molar-refractivity contribution in [3.05, 3.63) is 39.7 Å². The first-order valence-electron chi connectivity index (χ1n) is 6.12. The zero-order chi connectivity index (χ0) is 15.5. The summed E-state index contributed by atoms with van der Waals surface area (Å²) in [6.07, 6.45) is -4.59. The second-order valence-corrected chi connectivity index (χ2v) is 5.26. The number of para-hydroxylation sites is 1. The normalized spacial score (nSPS) is 11.3. The summed E-state index contributed by atoms with van der Waals surface area (Å²) in [6, 6.07) is 8.70. The van der Waals surface area contributed by atoms with E-state index in [1.165, 1.54) is 6.07 Å². The van der Waals surface area contributed by atoms with Crippen molar-refractivity contribution in [2.24, 2.45) is 0 Å². The minimum absolute atomic E-state index is 0.0948. The first kappa shape index (κ1) is 15.8. The molecule has 0 saturated carbocycles. The van der Waals surface area contributed by atoms with E-state index >= 15 is 0 Å². The van der Waals surface area contributed by atoms with Gasteiger partial charge in [-0.15, -0.1) is 0 Å². The van der Waals surface area contributed by atoms with Crippen molar-refractivity contribution in [1.82, 2.24) is 9.97 Å². The molecule has 0 fully saturated rings. The molecule has 1 heterocycles. The lowest BCUT2D eigenvalue weighted by atomic mass is 10.3. The molecule has 0 bridgehead atoms. The molecule has 112 valence electrons. The molecular formula is C13H12F3IN4. The maximum Gasteiger partial charge on any atom is 0.451 e. The van der Waals surface area contributed by atoms with Crippen LogP contribution in [-0.2, 0) is 6.18 Å². The predicted molar refractivity (Wildman–Crippen MR) is 83.6 cm³/mol. The van der Waals surface area contributed by atoms with Crippen LogP contribution in [0.4, 0.5) is 30.5 Å². The van der Waals surface area contributed by atoms with E-state index in [-0.39, 0.29) is 11.6 Å². The summed E-state index contributed by atoms with van der Waals surface area (Å²) >= 11 is 2.09. The topological polar surface area (TPSA) is 49.8 Å². The van der Waals surface area contributed by atoms with Crippen molar-refractivity contribution in [1.29, 1.82) is 0 Å². The van der Waals surface area contributed by atoms with Crippen LogP contribution in [0.3, 0.4) is 0 Å². The van der Waals surface area contributed by atoms with Gasteiger partial charge in [0, 0.05) is 16.2 Å². The Kier molecular flexibility index (Phi) is 4.86. The number of nitrogens with one attached hydrogen (secondary N) is 2. The molecule has 1 aromatic carbocycles. The van der Waals surface area contributed by atoms with E-state index in [9.17, 15) is 13.2 Å². The average molecular weight is 408 g/mol. The molecule has 2 aromatic rings. The van der Waals surface area contributed by atoms with Gasteiger partial charge < -0.3 is 10.6 Å². The first-order chi connectivity index (χ1) is 9.90. The molecule has 4 nitrogen and oxygen atoms in total. The van der Waals surface area contributed by atoms with Crippen molar-refractivity contribution in [3.8, 4) is 0 Å². The molecule has 0 radical (unpaired) electrons. The van der Waals surface area contributed by atoms with Gasteiger partial charge in [-0.1, -0.05) is 12.1 Å². The van der Waals surface area contributed by atoms with Crippen molar-refractivity contribution in [2.75, 3.05) is 17.2 Å². The lowest BCUT2D eigenvalue weighted by Crippen LogP contribution is -2.14. The highest BCUT2D eigenvalue weighted by Crippen LogP contribution is 2.29. The summed E-state index contributed by atoms with van der Waals surface area (Å²) in [5, 5.41) is 5.65. The predicted octanol–water partition coefficient (Wildman–Crippen LogP) is 4.28. The maximum absolute atomic E-state index is 12.8. The Morgan fingerprint density at radius 1 is 1.14 bits per heavy atom. The van der Waals surface area contributed by atoms with Gasteiger partial charge in [-0.25, -0.2) is 9.97 Å². The summed E-state index contributed by atoms with van der Waals surface area (Å²) < 4.78 is 39.4. The van der Waals surface area contributed by atoms with Gasteiger partial charge in [0.2, 0.25) is 5.82 Å². The highest BCUT2D eigenvalue weighted by atomic mass is 127. The fraction of sp³-hybridized carbons (Fsp3) is 0.231. The average Bonchev–Trinajstić information content (AvgIpc) is 2.41. The number of halogens is 4. The van der Waals surface area contributed by atoms with E-state index in [4.69, 9.17) is 0 Å². The van der Waals surface area contributed by atoms with Gasteiger partial charge in [0.1, 0.15) is 11.6 Å². The van der Waals surface area contributed by atoms with Gasteiger partial charge in [0.15, 0.2) is 0 Å². The zero-order valence-corrected chi connectivity index (χ0v) is 13.2. The highest BCUT2D eigenvalue weighted by molar-refractivity contribution is 14.1. The van der Waals surface area contributed by atoms with E-state index in [1.807, 2.05) is 12.1 Å². The van der Waals surface area contributed by atoms with Crippen molar-refractivity contribution in [2.45, 2.75) is 13.1 Å². The fourth-order valence-electron chi connectivity index (χ4n) is 1.61. The number of rotatable bonds is 4. The number of anilines is 3. The van der Waals surface area contributed by atoms with Gasteiger partial charge in [-0.05, 0) is 41.6 Å². The van der Waals surface area contributed by atoms with Gasteiger partial charge in [-0.3, -0.25) is 0 Å². The number of aromatic nitrogens is 2. The molecular weight excluding hydrogens is 396 g/mol. The summed E-state index contributed by atoms with van der Waals surface area (Å²) in [5.41, 5.74) is 0.687. The minimum atomic E-state index is -4.59. The summed E-state index contributed by atoms with van der Waals surface area (Å²) in [5.74, 6) is -0.944. The molecule has 0 atom stereocenters. The Labute approximate surface area is 133 Å². The van der Waals surface area contributed by atoms with E-state index in [0.717, 1.165) is 3.57 Å². The largest absolute Gasteiger partial charge is 0.451 e. The first-order valence-corrected chi connectivity index (χ1v) is 7.19. The number of hydrogen-bond acceptors (Lipinski definition) is 4. The van der Waals surface area contributed by atoms with Crippen molar-refractivity contribution in [3.63, 3.8) is 0 Å². The third-order valence-electron chi connectivity index (χ3n) is 2.47. The Balaban J connectivity index is 2.38. The summed E-state index contributed by atoms with van der Waals surface area (Å²) in [6.45, 7) is 2.25. The Morgan fingerprint density at radius 2 is 1.81 bits per heavy atom. The second-order valence-electron chi connectivity index (χ2n) is 4.09. The lowest BCUT2D eigenvalue weighted by molar-refractivity contribution is -0.144. The molecule has 0 aliphatic carbocycles. The number of nitrogens with zero attached hydrogens (tertiary/aromatic N) is 2. The quantitative estimate of drug-likeness (QED) is 0.742. The van der Waals surface area contributed by atoms with Crippen LogP contribution < -0.4 is 10.6 Å². The fourth-order valence-corrected chi connectivity index (χ4v) is 2.13. The number of alkyl halides is 3. The smallest absolute Gasteiger partial charge is 0.370 e. The van der Waals surface area contributed by atoms with Crippen LogP contribution in [0.1, 0.15) is 12.7 Å². The SMILES string of the molecule is CCNc1cc(Nc2ccccc2I)nc(C(F)(F)F)n1. The molecule has 21 heavy (non-hydrogen) atoms. The Hall–Kier alpha value is -1.58. The van der Waals surface area contributed by atoms with Gasteiger partial charge in [0.25, 0.3) is 0 Å². The van der Waals surface area contributed by atoms with Crippen LogP contribution in [0, 0.1) is 3.57 Å². The summed E-state index contributed by atoms with van der Waals surface area (Å²) in [4.78, 5) is 7.00. The zero-order valence-electron chi connectivity index (χ0n) is 11.0. The molecule has 2 N–H and O–H groups in total. The van der Waals surface area contributed by atoms with Gasteiger partial charge >= 0.3 is 6.18 Å². The van der Waals surface area contributed by atoms with Crippen molar-refractivity contribution >= 4 is 39.9 Å². The number of hydrogen-bond donors (Lipinski definition) is 2. The monoisotopic (exact) mass is 408 g/mol. The van der Waals surface area contributed by atoms with E-state index in [0.29, 0.717) is 12.2 Å². The van der Waals surface area contributed by atoms with Crippen LogP contribution in [0.25, 0.3) is 0 Å². The van der Waals surface area contributed by atoms with Crippen LogP contribution in [-0.4, -0.2) is 16.5 Å². The molecule has 2 rings (SSSR count). The maximum atomic E-state index is 12.8. The highest BCUT2D eigenvalue weighted by Gasteiger charge is 2.35. The van der Waals surface area contributed by atoms with Gasteiger partial charge in [-0.2, -0.15) is 13.2 Å². The van der Waals surface area contributed by atoms with Crippen LogP contribution >= 0.6 is 22.6 Å². The minimum Gasteiger partial charge on any atom is -0.370 e. The molecule has 0 spiro atoms. The molecule has 0 saturated heterocycles. The van der Waals surface area contributed by atoms with Crippen LogP contribution in [0.2, 0.25) is 0 Å². The number of benzene rings is 1. The molecule has 0 aliphatic heterocycles. The second kappa shape index (κ2) is 6.46. The molecule has 8 heteroatoms. The molecule has 0 aliphatic rings. The van der Waals surface area contributed by atoms with Crippen LogP contribution in [0.5, 0.6) is 0 Å².